The van der Waals surface area contributed by atoms with Crippen molar-refractivity contribution in [2.24, 2.45) is 0 Å². The smallest absolute Gasteiger partial charge is 0.257 e. The maximum atomic E-state index is 12.7. The van der Waals surface area contributed by atoms with Crippen LogP contribution in [-0.4, -0.2) is 30.3 Å². The fourth-order valence-corrected chi connectivity index (χ4v) is 3.64. The molecular formula is C18H18N4O4S. The highest BCUT2D eigenvalue weighted by Gasteiger charge is 2.16. The third-order valence-electron chi connectivity index (χ3n) is 3.64. The van der Waals surface area contributed by atoms with E-state index in [4.69, 9.17) is 4.42 Å². The number of anilines is 2. The summed E-state index contributed by atoms with van der Waals surface area (Å²) in [4.78, 5) is 12.7. The summed E-state index contributed by atoms with van der Waals surface area (Å²) in [6.07, 6.45) is 1.70. The molecule has 9 heteroatoms. The van der Waals surface area contributed by atoms with Crippen molar-refractivity contribution < 1.29 is 17.6 Å². The Kier molecular flexibility index (Phi) is 5.51. The summed E-state index contributed by atoms with van der Waals surface area (Å²) in [5.41, 5.74) is 1.63. The zero-order valence-corrected chi connectivity index (χ0v) is 15.4. The van der Waals surface area contributed by atoms with Crippen LogP contribution in [0.2, 0.25) is 0 Å². The Labute approximate surface area is 156 Å². The second-order valence-corrected chi connectivity index (χ2v) is 7.59. The number of nitrogens with zero attached hydrogens (tertiary/aromatic N) is 2. The molecule has 3 aromatic rings. The first-order chi connectivity index (χ1) is 13.0. The van der Waals surface area contributed by atoms with Gasteiger partial charge in [-0.25, -0.2) is 8.42 Å². The van der Waals surface area contributed by atoms with Crippen molar-refractivity contribution in [3.8, 4) is 11.5 Å². The fourth-order valence-electron chi connectivity index (χ4n) is 2.48. The number of para-hydroxylation sites is 1. The van der Waals surface area contributed by atoms with E-state index in [0.29, 0.717) is 23.6 Å². The van der Waals surface area contributed by atoms with Gasteiger partial charge in [-0.05, 0) is 36.8 Å². The Morgan fingerprint density at radius 1 is 1.15 bits per heavy atom. The van der Waals surface area contributed by atoms with Crippen molar-refractivity contribution in [2.75, 3.05) is 15.8 Å². The average Bonchev–Trinajstić information content (AvgIpc) is 3.16. The van der Waals surface area contributed by atoms with Crippen molar-refractivity contribution in [2.45, 2.75) is 13.3 Å². The molecular weight excluding hydrogens is 368 g/mol. The molecule has 1 aromatic heterocycles. The molecule has 2 aromatic carbocycles. The third-order valence-corrected chi connectivity index (χ3v) is 5.11. The third kappa shape index (κ3) is 4.70. The SMILES string of the molecule is CCCS(=O)(=O)Nc1ccccc1C(=O)Nc1cccc(-c2nnco2)c1. The lowest BCUT2D eigenvalue weighted by molar-refractivity contribution is 0.102. The van der Waals surface area contributed by atoms with E-state index in [0.717, 1.165) is 0 Å². The highest BCUT2D eigenvalue weighted by molar-refractivity contribution is 7.92. The van der Waals surface area contributed by atoms with Gasteiger partial charge in [0, 0.05) is 11.3 Å². The number of sulfonamides is 1. The van der Waals surface area contributed by atoms with Crippen molar-refractivity contribution in [3.63, 3.8) is 0 Å². The quantitative estimate of drug-likeness (QED) is 0.645. The van der Waals surface area contributed by atoms with E-state index in [1.165, 1.54) is 6.39 Å². The van der Waals surface area contributed by atoms with Crippen LogP contribution in [0.15, 0.2) is 59.3 Å². The number of aromatic nitrogens is 2. The van der Waals surface area contributed by atoms with Crippen molar-refractivity contribution in [1.82, 2.24) is 10.2 Å². The Morgan fingerprint density at radius 2 is 1.96 bits per heavy atom. The van der Waals surface area contributed by atoms with Crippen LogP contribution < -0.4 is 10.0 Å². The molecule has 0 bridgehead atoms. The molecule has 8 nitrogen and oxygen atoms in total. The second-order valence-electron chi connectivity index (χ2n) is 5.75. The second kappa shape index (κ2) is 8.00. The van der Waals surface area contributed by atoms with Crippen LogP contribution in [0.1, 0.15) is 23.7 Å². The van der Waals surface area contributed by atoms with E-state index >= 15 is 0 Å². The number of carbonyl (C=O) groups excluding carboxylic acids is 1. The molecule has 0 aliphatic heterocycles. The summed E-state index contributed by atoms with van der Waals surface area (Å²) in [5, 5.41) is 10.2. The first-order valence-corrected chi connectivity index (χ1v) is 9.91. The summed E-state index contributed by atoms with van der Waals surface area (Å²) in [5.74, 6) is -0.124. The lowest BCUT2D eigenvalue weighted by atomic mass is 10.1. The maximum absolute atomic E-state index is 12.7. The fraction of sp³-hybridized carbons (Fsp3) is 0.167. The molecule has 0 aliphatic carbocycles. The molecule has 0 spiro atoms. The van der Waals surface area contributed by atoms with Gasteiger partial charge < -0.3 is 9.73 Å². The van der Waals surface area contributed by atoms with E-state index < -0.39 is 15.9 Å². The first-order valence-electron chi connectivity index (χ1n) is 8.26. The van der Waals surface area contributed by atoms with Gasteiger partial charge in [-0.2, -0.15) is 0 Å². The molecule has 1 heterocycles. The van der Waals surface area contributed by atoms with Crippen molar-refractivity contribution in [3.05, 3.63) is 60.5 Å². The minimum Gasteiger partial charge on any atom is -0.423 e. The molecule has 0 fully saturated rings. The van der Waals surface area contributed by atoms with Gasteiger partial charge >= 0.3 is 0 Å². The van der Waals surface area contributed by atoms with Gasteiger partial charge in [0.2, 0.25) is 22.3 Å². The van der Waals surface area contributed by atoms with Crippen LogP contribution in [0.4, 0.5) is 11.4 Å². The Bertz CT molecular complexity index is 1030. The molecule has 0 atom stereocenters. The number of carbonyl (C=O) groups is 1. The maximum Gasteiger partial charge on any atom is 0.257 e. The van der Waals surface area contributed by atoms with Crippen LogP contribution in [-0.2, 0) is 10.0 Å². The van der Waals surface area contributed by atoms with E-state index in [9.17, 15) is 13.2 Å². The molecule has 0 saturated heterocycles. The van der Waals surface area contributed by atoms with E-state index in [-0.39, 0.29) is 17.0 Å². The minimum atomic E-state index is -3.51. The van der Waals surface area contributed by atoms with Gasteiger partial charge in [0.1, 0.15) is 0 Å². The summed E-state index contributed by atoms with van der Waals surface area (Å²) in [6, 6.07) is 13.4. The number of nitrogens with one attached hydrogen (secondary N) is 2. The average molecular weight is 386 g/mol. The lowest BCUT2D eigenvalue weighted by Gasteiger charge is -2.12. The van der Waals surface area contributed by atoms with Gasteiger partial charge in [0.25, 0.3) is 5.91 Å². The summed E-state index contributed by atoms with van der Waals surface area (Å²) < 4.78 is 31.7. The molecule has 2 N–H and O–H groups in total. The normalized spacial score (nSPS) is 11.1. The topological polar surface area (TPSA) is 114 Å². The van der Waals surface area contributed by atoms with E-state index in [1.807, 2.05) is 0 Å². The predicted molar refractivity (Wildman–Crippen MR) is 102 cm³/mol. The van der Waals surface area contributed by atoms with Crippen molar-refractivity contribution in [1.29, 1.82) is 0 Å². The molecule has 0 saturated carbocycles. The number of amides is 1. The summed E-state index contributed by atoms with van der Waals surface area (Å²) in [7, 11) is -3.51. The summed E-state index contributed by atoms with van der Waals surface area (Å²) in [6.45, 7) is 1.77. The van der Waals surface area contributed by atoms with E-state index in [1.54, 1.807) is 55.5 Å². The van der Waals surface area contributed by atoms with Crippen LogP contribution in [0.5, 0.6) is 0 Å². The van der Waals surface area contributed by atoms with Gasteiger partial charge in [0.15, 0.2) is 0 Å². The number of benzene rings is 2. The largest absolute Gasteiger partial charge is 0.423 e. The summed E-state index contributed by atoms with van der Waals surface area (Å²) >= 11 is 0. The lowest BCUT2D eigenvalue weighted by Crippen LogP contribution is -2.20. The Balaban J connectivity index is 1.82. The van der Waals surface area contributed by atoms with Gasteiger partial charge in [-0.15, -0.1) is 10.2 Å². The number of rotatable bonds is 7. The van der Waals surface area contributed by atoms with Crippen LogP contribution >= 0.6 is 0 Å². The standard InChI is InChI=1S/C18H18N4O4S/c1-2-10-27(24,25)22-16-9-4-3-8-15(16)17(23)20-14-7-5-6-13(11-14)18-21-19-12-26-18/h3-9,11-12,22H,2,10H2,1H3,(H,20,23). The highest BCUT2D eigenvalue weighted by atomic mass is 32.2. The first kappa shape index (κ1) is 18.6. The molecule has 0 unspecified atom stereocenters. The molecule has 0 radical (unpaired) electrons. The molecule has 140 valence electrons. The van der Waals surface area contributed by atoms with Crippen LogP contribution in [0.25, 0.3) is 11.5 Å². The Hall–Kier alpha value is -3.20. The van der Waals surface area contributed by atoms with Crippen LogP contribution in [0.3, 0.4) is 0 Å². The highest BCUT2D eigenvalue weighted by Crippen LogP contribution is 2.22. The number of hydrogen-bond acceptors (Lipinski definition) is 6. The predicted octanol–water partition coefficient (Wildman–Crippen LogP) is 3.14. The molecule has 0 aliphatic rings. The Morgan fingerprint density at radius 3 is 2.70 bits per heavy atom. The monoisotopic (exact) mass is 386 g/mol. The van der Waals surface area contributed by atoms with E-state index in [2.05, 4.69) is 20.2 Å². The number of hydrogen-bond donors (Lipinski definition) is 2. The zero-order valence-electron chi connectivity index (χ0n) is 14.5. The molecule has 27 heavy (non-hydrogen) atoms. The van der Waals surface area contributed by atoms with Crippen LogP contribution in [0, 0.1) is 0 Å². The van der Waals surface area contributed by atoms with Gasteiger partial charge in [-0.1, -0.05) is 25.1 Å². The van der Waals surface area contributed by atoms with Gasteiger partial charge in [0.05, 0.1) is 17.0 Å². The molecule has 3 rings (SSSR count). The zero-order chi connectivity index (χ0) is 19.3. The minimum absolute atomic E-state index is 0.0187. The van der Waals surface area contributed by atoms with Crippen molar-refractivity contribution >= 4 is 27.3 Å². The van der Waals surface area contributed by atoms with Gasteiger partial charge in [-0.3, -0.25) is 9.52 Å². The molecule has 1 amide bonds.